The molecule has 0 bridgehead atoms. The number of nitrogens with one attached hydrogen (secondary N) is 1. The van der Waals surface area contributed by atoms with Gasteiger partial charge in [0.2, 0.25) is 11.8 Å². The van der Waals surface area contributed by atoms with Crippen LogP contribution in [-0.2, 0) is 16.1 Å². The van der Waals surface area contributed by atoms with E-state index in [2.05, 4.69) is 50.2 Å². The smallest absolute Gasteiger partial charge is 0.224 e. The van der Waals surface area contributed by atoms with Crippen LogP contribution in [-0.4, -0.2) is 67.0 Å². The third-order valence-electron chi connectivity index (χ3n) is 5.81. The number of benzene rings is 1. The molecule has 2 aliphatic heterocycles. The minimum atomic E-state index is -0.385. The number of carbonyl (C=O) groups excluding carboxylic acids is 2. The molecule has 0 aromatic heterocycles. The molecule has 3 N–H and O–H groups in total. The number of likely N-dealkylation sites (tertiary alicyclic amines) is 2. The van der Waals surface area contributed by atoms with E-state index >= 15 is 0 Å². The molecule has 30 heavy (non-hydrogen) atoms. The van der Waals surface area contributed by atoms with E-state index in [1.165, 1.54) is 12.0 Å². The first-order valence-electron chi connectivity index (χ1n) is 10.6. The third-order valence-corrected chi connectivity index (χ3v) is 6.43. The number of halogens is 1. The molecule has 1 aromatic carbocycles. The van der Waals surface area contributed by atoms with E-state index in [1.54, 1.807) is 6.92 Å². The molecular formula is C22H32BrN4O3. The second-order valence-electron chi connectivity index (χ2n) is 8.53. The van der Waals surface area contributed by atoms with Gasteiger partial charge in [0.15, 0.2) is 0 Å². The van der Waals surface area contributed by atoms with Gasteiger partial charge in [-0.25, -0.2) is 0 Å². The van der Waals surface area contributed by atoms with Crippen LogP contribution in [0.3, 0.4) is 0 Å². The van der Waals surface area contributed by atoms with Crippen molar-refractivity contribution in [3.05, 3.63) is 34.7 Å². The highest BCUT2D eigenvalue weighted by Gasteiger charge is 2.25. The summed E-state index contributed by atoms with van der Waals surface area (Å²) in [5.41, 5.74) is 6.45. The first kappa shape index (κ1) is 23.0. The van der Waals surface area contributed by atoms with Gasteiger partial charge < -0.3 is 20.7 Å². The number of hydrogen-bond donors (Lipinski definition) is 2. The number of primary amides is 1. The number of nitrogens with two attached hydrogens (primary N) is 1. The standard InChI is InChI=1S/C22H32BrN4O3/c1-15(22(24)29)3-6-21(28)25-17-7-10-27(13-17)12-16-4-5-20(19(23)11-16)30-18-8-9-26(2)14-18/h4-6,11,15,17-18H,3,7-10,12-14H2,1-2H3,(H2,24,29)(H,25,28)/t15?,17-,18-/m0/s1. The summed E-state index contributed by atoms with van der Waals surface area (Å²) in [4.78, 5) is 27.8. The Morgan fingerprint density at radius 2 is 2.13 bits per heavy atom. The highest BCUT2D eigenvalue weighted by molar-refractivity contribution is 9.10. The number of likely N-dealkylation sites (N-methyl/N-ethyl adjacent to an activating group) is 1. The highest BCUT2D eigenvalue weighted by Crippen LogP contribution is 2.29. The minimum Gasteiger partial charge on any atom is -0.488 e. The molecule has 2 amide bonds. The van der Waals surface area contributed by atoms with Gasteiger partial charge in [-0.05, 0) is 59.9 Å². The molecule has 0 spiro atoms. The van der Waals surface area contributed by atoms with Crippen LogP contribution in [0, 0.1) is 12.3 Å². The second kappa shape index (κ2) is 10.6. The van der Waals surface area contributed by atoms with E-state index in [4.69, 9.17) is 10.5 Å². The van der Waals surface area contributed by atoms with Crippen LogP contribution >= 0.6 is 15.9 Å². The number of carbonyl (C=O) groups is 2. The van der Waals surface area contributed by atoms with Crippen molar-refractivity contribution in [3.63, 3.8) is 0 Å². The minimum absolute atomic E-state index is 0.128. The molecule has 1 aromatic rings. The topological polar surface area (TPSA) is 87.9 Å². The van der Waals surface area contributed by atoms with Crippen LogP contribution in [0.15, 0.2) is 22.7 Å². The van der Waals surface area contributed by atoms with E-state index in [-0.39, 0.29) is 29.9 Å². The van der Waals surface area contributed by atoms with E-state index in [0.29, 0.717) is 6.42 Å². The van der Waals surface area contributed by atoms with Crippen LogP contribution in [0.2, 0.25) is 0 Å². The van der Waals surface area contributed by atoms with Crippen molar-refractivity contribution in [3.8, 4) is 5.75 Å². The summed E-state index contributed by atoms with van der Waals surface area (Å²) in [7, 11) is 2.12. The van der Waals surface area contributed by atoms with Crippen LogP contribution in [0.1, 0.15) is 31.7 Å². The lowest BCUT2D eigenvalue weighted by Gasteiger charge is -2.19. The largest absolute Gasteiger partial charge is 0.488 e. The monoisotopic (exact) mass is 479 g/mol. The number of amides is 2. The quantitative estimate of drug-likeness (QED) is 0.564. The lowest BCUT2D eigenvalue weighted by Crippen LogP contribution is -2.37. The van der Waals surface area contributed by atoms with Crippen LogP contribution in [0.4, 0.5) is 0 Å². The zero-order valence-corrected chi connectivity index (χ0v) is 19.4. The van der Waals surface area contributed by atoms with Crippen molar-refractivity contribution in [2.45, 2.75) is 44.9 Å². The first-order valence-corrected chi connectivity index (χ1v) is 11.4. The average molecular weight is 480 g/mol. The molecule has 7 nitrogen and oxygen atoms in total. The van der Waals surface area contributed by atoms with E-state index in [9.17, 15) is 9.59 Å². The van der Waals surface area contributed by atoms with Crippen LogP contribution in [0.5, 0.6) is 5.75 Å². The summed E-state index contributed by atoms with van der Waals surface area (Å²) < 4.78 is 7.12. The van der Waals surface area contributed by atoms with Gasteiger partial charge in [0.05, 0.1) is 10.9 Å². The SMILES string of the molecule is CC(C[CH]C(=O)N[C@H]1CCN(Cc2ccc(O[C@H]3CCN(C)C3)c(Br)c2)C1)C(N)=O. The number of hydrogen-bond acceptors (Lipinski definition) is 5. The van der Waals surface area contributed by atoms with Crippen LogP contribution in [0.25, 0.3) is 0 Å². The predicted molar refractivity (Wildman–Crippen MR) is 120 cm³/mol. The number of nitrogens with zero attached hydrogens (tertiary/aromatic N) is 2. The molecule has 2 heterocycles. The zero-order valence-electron chi connectivity index (χ0n) is 17.8. The van der Waals surface area contributed by atoms with Gasteiger partial charge in [0, 0.05) is 44.7 Å². The molecule has 0 aliphatic carbocycles. The predicted octanol–water partition coefficient (Wildman–Crippen LogP) is 1.94. The summed E-state index contributed by atoms with van der Waals surface area (Å²) >= 11 is 3.65. The van der Waals surface area contributed by atoms with Crippen molar-refractivity contribution in [2.24, 2.45) is 11.7 Å². The van der Waals surface area contributed by atoms with Gasteiger partial charge in [-0.3, -0.25) is 14.5 Å². The first-order chi connectivity index (χ1) is 14.3. The Labute approximate surface area is 187 Å². The third kappa shape index (κ3) is 6.68. The second-order valence-corrected chi connectivity index (χ2v) is 9.38. The van der Waals surface area contributed by atoms with Crippen LogP contribution < -0.4 is 15.8 Å². The molecule has 1 radical (unpaired) electrons. The van der Waals surface area contributed by atoms with Crippen molar-refractivity contribution in [2.75, 3.05) is 33.2 Å². The number of rotatable bonds is 9. The maximum absolute atomic E-state index is 12.1. The summed E-state index contributed by atoms with van der Waals surface area (Å²) in [6, 6.07) is 6.41. The lowest BCUT2D eigenvalue weighted by atomic mass is 10.0. The maximum Gasteiger partial charge on any atom is 0.224 e. The summed E-state index contributed by atoms with van der Waals surface area (Å²) in [5, 5.41) is 3.03. The van der Waals surface area contributed by atoms with Gasteiger partial charge in [0.1, 0.15) is 11.9 Å². The number of ether oxygens (including phenoxy) is 1. The van der Waals surface area contributed by atoms with E-state index in [0.717, 1.165) is 55.8 Å². The van der Waals surface area contributed by atoms with Gasteiger partial charge >= 0.3 is 0 Å². The molecule has 0 saturated carbocycles. The fourth-order valence-corrected chi connectivity index (χ4v) is 4.44. The molecule has 165 valence electrons. The average Bonchev–Trinajstić information content (AvgIpc) is 3.30. The van der Waals surface area contributed by atoms with E-state index < -0.39 is 0 Å². The Bertz CT molecular complexity index is 760. The summed E-state index contributed by atoms with van der Waals surface area (Å²) in [6.07, 6.45) is 4.13. The highest BCUT2D eigenvalue weighted by atomic mass is 79.9. The van der Waals surface area contributed by atoms with Crippen molar-refractivity contribution in [1.82, 2.24) is 15.1 Å². The Morgan fingerprint density at radius 3 is 2.80 bits per heavy atom. The fraction of sp³-hybridized carbons (Fsp3) is 0.591. The molecule has 3 atom stereocenters. The Kier molecular flexibility index (Phi) is 8.13. The van der Waals surface area contributed by atoms with Gasteiger partial charge in [-0.15, -0.1) is 0 Å². The van der Waals surface area contributed by atoms with Crippen molar-refractivity contribution in [1.29, 1.82) is 0 Å². The van der Waals surface area contributed by atoms with Gasteiger partial charge in [0.25, 0.3) is 0 Å². The Morgan fingerprint density at radius 1 is 1.33 bits per heavy atom. The Balaban J connectivity index is 1.43. The van der Waals surface area contributed by atoms with Crippen molar-refractivity contribution >= 4 is 27.7 Å². The maximum atomic E-state index is 12.1. The Hall–Kier alpha value is -1.64. The summed E-state index contributed by atoms with van der Waals surface area (Å²) in [5.74, 6) is 0.0585. The van der Waals surface area contributed by atoms with Gasteiger partial charge in [-0.2, -0.15) is 0 Å². The normalized spacial score (nSPS) is 23.4. The molecule has 1 unspecified atom stereocenters. The fourth-order valence-electron chi connectivity index (χ4n) is 3.92. The molecule has 2 saturated heterocycles. The lowest BCUT2D eigenvalue weighted by molar-refractivity contribution is -0.121. The van der Waals surface area contributed by atoms with Gasteiger partial charge in [-0.1, -0.05) is 13.0 Å². The molecule has 2 fully saturated rings. The molecule has 2 aliphatic rings. The van der Waals surface area contributed by atoms with Crippen molar-refractivity contribution < 1.29 is 14.3 Å². The summed E-state index contributed by atoms with van der Waals surface area (Å²) in [6.45, 7) is 6.36. The molecule has 3 rings (SSSR count). The zero-order chi connectivity index (χ0) is 21.7. The van der Waals surface area contributed by atoms with E-state index in [1.807, 2.05) is 6.07 Å². The molecular weight excluding hydrogens is 448 g/mol. The molecule has 8 heteroatoms.